The molecule has 0 fully saturated rings. The van der Waals surface area contributed by atoms with Crippen molar-refractivity contribution in [2.75, 3.05) is 37.7 Å². The van der Waals surface area contributed by atoms with Gasteiger partial charge in [0.2, 0.25) is 5.91 Å². The number of nitrogens with zero attached hydrogens (tertiary/aromatic N) is 1. The quantitative estimate of drug-likeness (QED) is 0.362. The Morgan fingerprint density at radius 3 is 2.29 bits per heavy atom. The first-order chi connectivity index (χ1) is 16.8. The second-order valence-corrected chi connectivity index (χ2v) is 9.57. The van der Waals surface area contributed by atoms with Crippen molar-refractivity contribution in [2.45, 2.75) is 11.8 Å². The van der Waals surface area contributed by atoms with Crippen LogP contribution in [-0.2, 0) is 14.8 Å². The van der Waals surface area contributed by atoms with Gasteiger partial charge in [-0.3, -0.25) is 9.10 Å². The van der Waals surface area contributed by atoms with Gasteiger partial charge < -0.3 is 19.5 Å². The second kappa shape index (κ2) is 12.3. The number of benzene rings is 3. The van der Waals surface area contributed by atoms with Gasteiger partial charge in [0.25, 0.3) is 10.0 Å². The minimum absolute atomic E-state index is 0.0185. The lowest BCUT2D eigenvalue weighted by Crippen LogP contribution is -2.41. The first-order valence-corrected chi connectivity index (χ1v) is 12.7. The van der Waals surface area contributed by atoms with Crippen LogP contribution in [0.2, 0.25) is 5.02 Å². The topological polar surface area (TPSA) is 94.2 Å². The molecule has 0 spiro atoms. The molecule has 0 aliphatic carbocycles. The third-order valence-corrected chi connectivity index (χ3v) is 6.90. The van der Waals surface area contributed by atoms with Crippen LogP contribution in [0.25, 0.3) is 0 Å². The summed E-state index contributed by atoms with van der Waals surface area (Å²) < 4.78 is 44.1. The number of carbonyl (C=O) groups is 1. The number of anilines is 1. The van der Waals surface area contributed by atoms with Crippen molar-refractivity contribution >= 4 is 33.2 Å². The summed E-state index contributed by atoms with van der Waals surface area (Å²) in [4.78, 5) is 12.7. The number of sulfonamides is 1. The fourth-order valence-corrected chi connectivity index (χ4v) is 4.71. The summed E-state index contributed by atoms with van der Waals surface area (Å²) in [5, 5.41) is 3.11. The fraction of sp³-hybridized carbons (Fsp3) is 0.240. The number of nitrogens with one attached hydrogen (secondary N) is 1. The van der Waals surface area contributed by atoms with E-state index in [1.165, 1.54) is 24.3 Å². The van der Waals surface area contributed by atoms with Gasteiger partial charge in [0.15, 0.2) is 0 Å². The summed E-state index contributed by atoms with van der Waals surface area (Å²) in [6, 6.07) is 19.4. The Morgan fingerprint density at radius 1 is 0.943 bits per heavy atom. The molecule has 0 aromatic heterocycles. The van der Waals surface area contributed by atoms with Gasteiger partial charge in [-0.2, -0.15) is 0 Å². The predicted octanol–water partition coefficient (Wildman–Crippen LogP) is 4.14. The lowest BCUT2D eigenvalue weighted by molar-refractivity contribution is -0.119. The maximum Gasteiger partial charge on any atom is 0.264 e. The molecule has 8 nitrogen and oxygen atoms in total. The first kappa shape index (κ1) is 26.2. The lowest BCUT2D eigenvalue weighted by atomic mass is 10.3. The minimum Gasteiger partial charge on any atom is -0.497 e. The molecule has 0 saturated carbocycles. The molecule has 0 saturated heterocycles. The summed E-state index contributed by atoms with van der Waals surface area (Å²) in [6.45, 7) is 2.30. The molecule has 0 bridgehead atoms. The van der Waals surface area contributed by atoms with Crippen LogP contribution in [0.1, 0.15) is 6.92 Å². The number of hydrogen-bond donors (Lipinski definition) is 1. The van der Waals surface area contributed by atoms with E-state index < -0.39 is 22.5 Å². The molecular weight excluding hydrogens is 492 g/mol. The highest BCUT2D eigenvalue weighted by Gasteiger charge is 2.27. The molecule has 0 unspecified atom stereocenters. The van der Waals surface area contributed by atoms with Gasteiger partial charge in [0.1, 0.15) is 30.4 Å². The van der Waals surface area contributed by atoms with Crippen molar-refractivity contribution in [3.63, 3.8) is 0 Å². The van der Waals surface area contributed by atoms with Gasteiger partial charge in [0.05, 0.1) is 30.8 Å². The Morgan fingerprint density at radius 2 is 1.63 bits per heavy atom. The van der Waals surface area contributed by atoms with E-state index in [1.54, 1.807) is 55.6 Å². The molecule has 1 N–H and O–H groups in total. The van der Waals surface area contributed by atoms with Crippen LogP contribution in [0, 0.1) is 0 Å². The summed E-state index contributed by atoms with van der Waals surface area (Å²) in [5.74, 6) is 1.37. The smallest absolute Gasteiger partial charge is 0.264 e. The number of rotatable bonds is 12. The molecular formula is C25H27ClN2O6S. The molecule has 3 rings (SSSR count). The molecule has 35 heavy (non-hydrogen) atoms. The SMILES string of the molecule is CCOc1ccc(N(CC(=O)NCCOc2cccc(OC)c2)S(=O)(=O)c2ccc(Cl)cc2)cc1. The molecule has 3 aromatic rings. The molecule has 0 heterocycles. The fourth-order valence-electron chi connectivity index (χ4n) is 3.16. The number of methoxy groups -OCH3 is 1. The maximum absolute atomic E-state index is 13.4. The van der Waals surface area contributed by atoms with Crippen LogP contribution in [-0.4, -0.2) is 47.7 Å². The highest BCUT2D eigenvalue weighted by Crippen LogP contribution is 2.26. The third kappa shape index (κ3) is 7.27. The van der Waals surface area contributed by atoms with Gasteiger partial charge in [-0.15, -0.1) is 0 Å². The zero-order valence-corrected chi connectivity index (χ0v) is 21.0. The van der Waals surface area contributed by atoms with Gasteiger partial charge in [-0.1, -0.05) is 17.7 Å². The molecule has 0 aliphatic rings. The van der Waals surface area contributed by atoms with E-state index in [0.29, 0.717) is 34.6 Å². The Bertz CT molecular complexity index is 1220. The average molecular weight is 519 g/mol. The van der Waals surface area contributed by atoms with Crippen molar-refractivity contribution in [1.82, 2.24) is 5.32 Å². The van der Waals surface area contributed by atoms with E-state index in [2.05, 4.69) is 5.32 Å². The highest BCUT2D eigenvalue weighted by atomic mass is 35.5. The first-order valence-electron chi connectivity index (χ1n) is 10.9. The van der Waals surface area contributed by atoms with Crippen LogP contribution in [0.3, 0.4) is 0 Å². The number of carbonyl (C=O) groups excluding carboxylic acids is 1. The van der Waals surface area contributed by atoms with Crippen LogP contribution in [0.4, 0.5) is 5.69 Å². The summed E-state index contributed by atoms with van der Waals surface area (Å²) >= 11 is 5.92. The molecule has 0 aliphatic heterocycles. The van der Waals surface area contributed by atoms with E-state index in [4.69, 9.17) is 25.8 Å². The van der Waals surface area contributed by atoms with Gasteiger partial charge >= 0.3 is 0 Å². The van der Waals surface area contributed by atoms with Crippen LogP contribution < -0.4 is 23.8 Å². The summed E-state index contributed by atoms with van der Waals surface area (Å²) in [5.41, 5.74) is 0.325. The monoisotopic (exact) mass is 518 g/mol. The minimum atomic E-state index is -4.04. The number of halogens is 1. The molecule has 0 atom stereocenters. The van der Waals surface area contributed by atoms with Crippen molar-refractivity contribution < 1.29 is 27.4 Å². The van der Waals surface area contributed by atoms with Crippen molar-refractivity contribution in [3.8, 4) is 17.2 Å². The Kier molecular flexibility index (Phi) is 9.22. The molecule has 186 valence electrons. The average Bonchev–Trinajstić information content (AvgIpc) is 2.86. The molecule has 10 heteroatoms. The van der Waals surface area contributed by atoms with Crippen LogP contribution >= 0.6 is 11.6 Å². The van der Waals surface area contributed by atoms with Crippen molar-refractivity contribution in [3.05, 3.63) is 77.8 Å². The number of amides is 1. The number of ether oxygens (including phenoxy) is 3. The van der Waals surface area contributed by atoms with Gasteiger partial charge in [0, 0.05) is 11.1 Å². The van der Waals surface area contributed by atoms with E-state index in [1.807, 2.05) is 6.92 Å². The van der Waals surface area contributed by atoms with Crippen molar-refractivity contribution in [1.29, 1.82) is 0 Å². The van der Waals surface area contributed by atoms with Crippen molar-refractivity contribution in [2.24, 2.45) is 0 Å². The summed E-state index contributed by atoms with van der Waals surface area (Å²) in [7, 11) is -2.48. The van der Waals surface area contributed by atoms with E-state index in [0.717, 1.165) is 4.31 Å². The van der Waals surface area contributed by atoms with E-state index >= 15 is 0 Å². The highest BCUT2D eigenvalue weighted by molar-refractivity contribution is 7.92. The van der Waals surface area contributed by atoms with Crippen LogP contribution in [0.15, 0.2) is 77.7 Å². The molecule has 3 aromatic carbocycles. The molecule has 1 amide bonds. The molecule has 0 radical (unpaired) electrons. The zero-order valence-electron chi connectivity index (χ0n) is 19.4. The lowest BCUT2D eigenvalue weighted by Gasteiger charge is -2.24. The Balaban J connectivity index is 1.71. The predicted molar refractivity (Wildman–Crippen MR) is 135 cm³/mol. The zero-order chi connectivity index (χ0) is 25.3. The normalized spacial score (nSPS) is 10.9. The standard InChI is InChI=1S/C25H27ClN2O6S/c1-3-33-21-11-9-20(10-12-21)28(35(30,31)24-13-7-19(26)8-14-24)18-25(29)27-15-16-34-23-6-4-5-22(17-23)32-2/h4-14,17H,3,15-16,18H2,1-2H3,(H,27,29). The third-order valence-electron chi connectivity index (χ3n) is 4.86. The maximum atomic E-state index is 13.4. The van der Waals surface area contributed by atoms with E-state index in [9.17, 15) is 13.2 Å². The van der Waals surface area contributed by atoms with Crippen LogP contribution in [0.5, 0.6) is 17.2 Å². The number of hydrogen-bond acceptors (Lipinski definition) is 6. The van der Waals surface area contributed by atoms with E-state index in [-0.39, 0.29) is 18.0 Å². The second-order valence-electron chi connectivity index (χ2n) is 7.27. The summed E-state index contributed by atoms with van der Waals surface area (Å²) in [6.07, 6.45) is 0. The largest absolute Gasteiger partial charge is 0.497 e. The Labute approximate surface area is 210 Å². The van der Waals surface area contributed by atoms with Gasteiger partial charge in [-0.05, 0) is 67.6 Å². The Hall–Kier alpha value is -3.43. The van der Waals surface area contributed by atoms with Gasteiger partial charge in [-0.25, -0.2) is 8.42 Å².